The Morgan fingerprint density at radius 3 is 2.38 bits per heavy atom. The zero-order chi connectivity index (χ0) is 18.1. The Kier molecular flexibility index (Phi) is 5.64. The first-order valence-corrected chi connectivity index (χ1v) is 9.20. The molecule has 1 aromatic carbocycles. The molecule has 2 rings (SSSR count). The van der Waals surface area contributed by atoms with Gasteiger partial charge < -0.3 is 4.90 Å². The van der Waals surface area contributed by atoms with Crippen molar-refractivity contribution >= 4 is 23.4 Å². The van der Waals surface area contributed by atoms with E-state index in [9.17, 15) is 0 Å². The van der Waals surface area contributed by atoms with Crippen molar-refractivity contribution in [3.8, 4) is 0 Å². The second-order valence-electron chi connectivity index (χ2n) is 7.57. The first kappa shape index (κ1) is 18.9. The lowest BCUT2D eigenvalue weighted by Gasteiger charge is -2.41. The molecule has 1 aliphatic carbocycles. The fourth-order valence-corrected chi connectivity index (χ4v) is 3.74. The molecule has 1 fully saturated rings. The highest BCUT2D eigenvalue weighted by molar-refractivity contribution is 7.79. The lowest BCUT2D eigenvalue weighted by atomic mass is 9.65. The van der Waals surface area contributed by atoms with Crippen molar-refractivity contribution in [1.29, 1.82) is 5.41 Å². The van der Waals surface area contributed by atoms with Gasteiger partial charge >= 0.3 is 0 Å². The van der Waals surface area contributed by atoms with Crippen LogP contribution >= 0.6 is 12.2 Å². The number of hydrogen-bond acceptors (Lipinski definition) is 2. The number of allylic oxidation sites excluding steroid dienone is 1. The third-order valence-electron chi connectivity index (χ3n) is 6.10. The van der Waals surface area contributed by atoms with E-state index in [0.717, 1.165) is 12.1 Å². The van der Waals surface area contributed by atoms with Crippen molar-refractivity contribution in [2.24, 2.45) is 5.41 Å². The van der Waals surface area contributed by atoms with Crippen LogP contribution in [0.25, 0.3) is 0 Å². The number of thiocarbonyl (C=S) groups is 1. The Morgan fingerprint density at radius 2 is 1.88 bits per heavy atom. The van der Waals surface area contributed by atoms with Gasteiger partial charge in [-0.3, -0.25) is 5.41 Å². The van der Waals surface area contributed by atoms with Gasteiger partial charge in [0.05, 0.1) is 0 Å². The van der Waals surface area contributed by atoms with Crippen LogP contribution in [0, 0.1) is 31.6 Å². The van der Waals surface area contributed by atoms with Gasteiger partial charge in [-0.2, -0.15) is 0 Å². The molecule has 1 aromatic rings. The van der Waals surface area contributed by atoms with Crippen molar-refractivity contribution in [1.82, 2.24) is 4.90 Å². The van der Waals surface area contributed by atoms with Crippen molar-refractivity contribution in [3.05, 3.63) is 45.5 Å². The second-order valence-corrected chi connectivity index (χ2v) is 7.80. The summed E-state index contributed by atoms with van der Waals surface area (Å²) >= 11 is 5.26. The molecule has 1 aliphatic rings. The summed E-state index contributed by atoms with van der Waals surface area (Å²) in [6.45, 7) is 11.7. The van der Waals surface area contributed by atoms with Crippen LogP contribution in [0.2, 0.25) is 0 Å². The van der Waals surface area contributed by atoms with Crippen LogP contribution in [-0.4, -0.2) is 23.2 Å². The molecule has 1 N–H and O–H groups in total. The first-order valence-electron chi connectivity index (χ1n) is 8.73. The standard InChI is InChI=1S/C21H30N2S/c1-14-8-9-18(16(3)15(14)2)12-23(6)20(22)19(13-24)17(4)21(5)10-7-11-21/h8-9,13,22H,7,10-12H2,1-6H3/b19-17-,22-20?. The predicted octanol–water partition coefficient (Wildman–Crippen LogP) is 5.53. The lowest BCUT2D eigenvalue weighted by molar-refractivity contribution is 0.214. The fraction of sp³-hybridized carbons (Fsp3) is 0.524. The van der Waals surface area contributed by atoms with Crippen molar-refractivity contribution < 1.29 is 0 Å². The largest absolute Gasteiger partial charge is 0.355 e. The van der Waals surface area contributed by atoms with E-state index >= 15 is 0 Å². The third-order valence-corrected chi connectivity index (χ3v) is 6.33. The maximum atomic E-state index is 8.65. The van der Waals surface area contributed by atoms with Gasteiger partial charge in [0.15, 0.2) is 0 Å². The third kappa shape index (κ3) is 3.46. The van der Waals surface area contributed by atoms with Crippen LogP contribution < -0.4 is 0 Å². The van der Waals surface area contributed by atoms with E-state index in [4.69, 9.17) is 17.6 Å². The molecule has 3 heteroatoms. The van der Waals surface area contributed by atoms with E-state index in [2.05, 4.69) is 46.8 Å². The molecule has 1 saturated carbocycles. The molecule has 0 radical (unpaired) electrons. The number of nitrogens with zero attached hydrogens (tertiary/aromatic N) is 1. The smallest absolute Gasteiger partial charge is 0.128 e. The summed E-state index contributed by atoms with van der Waals surface area (Å²) in [5, 5.41) is 10.3. The molecule has 0 heterocycles. The maximum absolute atomic E-state index is 8.65. The molecule has 0 saturated heterocycles. The number of benzene rings is 1. The number of rotatable bonds is 5. The zero-order valence-electron chi connectivity index (χ0n) is 15.9. The SMILES string of the molecule is C/C(=C(\C=S)C(=N)N(C)Cc1ccc(C)c(C)c1C)C1(C)CCC1. The minimum absolute atomic E-state index is 0.230. The minimum atomic E-state index is 0.230. The Labute approximate surface area is 152 Å². The normalized spacial score (nSPS) is 16.9. The summed E-state index contributed by atoms with van der Waals surface area (Å²) < 4.78 is 0. The van der Waals surface area contributed by atoms with E-state index in [1.807, 2.05) is 11.9 Å². The van der Waals surface area contributed by atoms with E-state index in [-0.39, 0.29) is 5.41 Å². The predicted molar refractivity (Wildman–Crippen MR) is 108 cm³/mol. The molecule has 0 spiro atoms. The lowest BCUT2D eigenvalue weighted by Crippen LogP contribution is -2.33. The van der Waals surface area contributed by atoms with E-state index < -0.39 is 0 Å². The van der Waals surface area contributed by atoms with E-state index in [1.54, 1.807) is 5.37 Å². The maximum Gasteiger partial charge on any atom is 0.128 e. The van der Waals surface area contributed by atoms with Gasteiger partial charge in [-0.1, -0.05) is 43.3 Å². The van der Waals surface area contributed by atoms with E-state index in [0.29, 0.717) is 5.84 Å². The van der Waals surface area contributed by atoms with Gasteiger partial charge in [0.1, 0.15) is 5.84 Å². The van der Waals surface area contributed by atoms with Crippen molar-refractivity contribution in [2.45, 2.75) is 60.4 Å². The van der Waals surface area contributed by atoms with Gasteiger partial charge in [0.2, 0.25) is 0 Å². The summed E-state index contributed by atoms with van der Waals surface area (Å²) in [6.07, 6.45) is 3.70. The summed E-state index contributed by atoms with van der Waals surface area (Å²) in [4.78, 5) is 2.01. The summed E-state index contributed by atoms with van der Waals surface area (Å²) in [5.41, 5.74) is 7.70. The molecule has 0 amide bonds. The minimum Gasteiger partial charge on any atom is -0.355 e. The van der Waals surface area contributed by atoms with Gasteiger partial charge in [-0.15, -0.1) is 0 Å². The summed E-state index contributed by atoms with van der Waals surface area (Å²) in [6, 6.07) is 4.36. The van der Waals surface area contributed by atoms with E-state index in [1.165, 1.54) is 47.1 Å². The van der Waals surface area contributed by atoms with Gasteiger partial charge in [-0.25, -0.2) is 0 Å². The number of nitrogens with one attached hydrogen (secondary N) is 1. The van der Waals surface area contributed by atoms with Crippen LogP contribution in [-0.2, 0) is 6.54 Å². The van der Waals surface area contributed by atoms with Crippen LogP contribution in [0.1, 0.15) is 55.4 Å². The number of aryl methyl sites for hydroxylation is 1. The molecular formula is C21H30N2S. The fourth-order valence-electron chi connectivity index (χ4n) is 3.45. The molecule has 130 valence electrons. The van der Waals surface area contributed by atoms with Gasteiger partial charge in [-0.05, 0) is 68.2 Å². The second kappa shape index (κ2) is 7.18. The quantitative estimate of drug-likeness (QED) is 0.330. The van der Waals surface area contributed by atoms with Gasteiger partial charge in [0, 0.05) is 24.5 Å². The molecule has 0 atom stereocenters. The Balaban J connectivity index is 2.24. The molecule has 24 heavy (non-hydrogen) atoms. The Morgan fingerprint density at radius 1 is 1.25 bits per heavy atom. The average molecular weight is 343 g/mol. The highest BCUT2D eigenvalue weighted by atomic mass is 32.1. The summed E-state index contributed by atoms with van der Waals surface area (Å²) in [7, 11) is 1.99. The monoisotopic (exact) mass is 342 g/mol. The van der Waals surface area contributed by atoms with Crippen LogP contribution in [0.3, 0.4) is 0 Å². The molecule has 0 unspecified atom stereocenters. The van der Waals surface area contributed by atoms with Crippen LogP contribution in [0.15, 0.2) is 23.3 Å². The first-order chi connectivity index (χ1) is 11.2. The summed E-state index contributed by atoms with van der Waals surface area (Å²) in [5.74, 6) is 0.535. The molecule has 0 bridgehead atoms. The number of likely N-dealkylation sites (N-methyl/N-ethyl adjacent to an activating group) is 1. The molecular weight excluding hydrogens is 312 g/mol. The number of amidine groups is 1. The van der Waals surface area contributed by atoms with Crippen molar-refractivity contribution in [3.63, 3.8) is 0 Å². The van der Waals surface area contributed by atoms with Crippen LogP contribution in [0.5, 0.6) is 0 Å². The van der Waals surface area contributed by atoms with Crippen LogP contribution in [0.4, 0.5) is 0 Å². The van der Waals surface area contributed by atoms with Gasteiger partial charge in [0.25, 0.3) is 0 Å². The highest BCUT2D eigenvalue weighted by Crippen LogP contribution is 2.47. The topological polar surface area (TPSA) is 27.1 Å². The molecule has 2 nitrogen and oxygen atoms in total. The molecule has 0 aromatic heterocycles. The number of hydrogen-bond donors (Lipinski definition) is 1. The highest BCUT2D eigenvalue weighted by Gasteiger charge is 2.35. The molecule has 0 aliphatic heterocycles. The Bertz CT molecular complexity index is 696. The Hall–Kier alpha value is -1.48. The average Bonchev–Trinajstić information content (AvgIpc) is 2.53. The zero-order valence-corrected chi connectivity index (χ0v) is 16.7. The van der Waals surface area contributed by atoms with Crippen molar-refractivity contribution in [2.75, 3.05) is 7.05 Å².